The van der Waals surface area contributed by atoms with Crippen LogP contribution in [0.2, 0.25) is 0 Å². The molecule has 0 spiro atoms. The summed E-state index contributed by atoms with van der Waals surface area (Å²) in [4.78, 5) is 11.4. The predicted octanol–water partition coefficient (Wildman–Crippen LogP) is 2.86. The van der Waals surface area contributed by atoms with Gasteiger partial charge in [-0.3, -0.25) is 0 Å². The number of pyridine rings is 1. The Bertz CT molecular complexity index is 562. The molecule has 0 amide bonds. The van der Waals surface area contributed by atoms with E-state index >= 15 is 0 Å². The lowest BCUT2D eigenvalue weighted by Crippen LogP contribution is -2.14. The van der Waals surface area contributed by atoms with Crippen LogP contribution in [0, 0.1) is 6.92 Å². The summed E-state index contributed by atoms with van der Waals surface area (Å²) in [5.74, 6) is 1.65. The summed E-state index contributed by atoms with van der Waals surface area (Å²) < 4.78 is 2.23. The lowest BCUT2D eigenvalue weighted by molar-refractivity contribution is 0.387. The molecule has 0 aromatic carbocycles. The van der Waals surface area contributed by atoms with Crippen LogP contribution < -0.4 is 0 Å². The molecule has 2 heterocycles. The summed E-state index contributed by atoms with van der Waals surface area (Å²) in [6.45, 7) is 4.13. The Kier molecular flexibility index (Phi) is 5.38. The highest BCUT2D eigenvalue weighted by molar-refractivity contribution is 6.17. The van der Waals surface area contributed by atoms with Crippen LogP contribution in [0.1, 0.15) is 24.2 Å². The van der Waals surface area contributed by atoms with Crippen molar-refractivity contribution in [3.05, 3.63) is 23.7 Å². The maximum absolute atomic E-state index is 5.89. The summed E-state index contributed by atoms with van der Waals surface area (Å²) in [6.07, 6.45) is 5.02. The topological polar surface area (TPSA) is 34.0 Å². The van der Waals surface area contributed by atoms with Crippen molar-refractivity contribution in [2.45, 2.75) is 32.7 Å². The van der Waals surface area contributed by atoms with Gasteiger partial charge in [-0.15, -0.1) is 11.6 Å². The van der Waals surface area contributed by atoms with Gasteiger partial charge in [-0.25, -0.2) is 9.97 Å². The van der Waals surface area contributed by atoms with Crippen molar-refractivity contribution in [1.29, 1.82) is 0 Å². The summed E-state index contributed by atoms with van der Waals surface area (Å²) >= 11 is 5.89. The quantitative estimate of drug-likeness (QED) is 0.582. The summed E-state index contributed by atoms with van der Waals surface area (Å²) in [7, 11) is 4.21. The molecule has 0 aliphatic rings. The minimum atomic E-state index is 0.597. The zero-order valence-electron chi connectivity index (χ0n) is 12.6. The molecule has 0 aliphatic carbocycles. The van der Waals surface area contributed by atoms with Crippen LogP contribution in [-0.2, 0) is 13.0 Å². The highest BCUT2D eigenvalue weighted by Gasteiger charge is 2.11. The van der Waals surface area contributed by atoms with Crippen molar-refractivity contribution in [1.82, 2.24) is 19.4 Å². The van der Waals surface area contributed by atoms with E-state index in [-0.39, 0.29) is 0 Å². The Morgan fingerprint density at radius 3 is 2.80 bits per heavy atom. The van der Waals surface area contributed by atoms with Crippen molar-refractivity contribution in [2.24, 2.45) is 0 Å². The first-order chi connectivity index (χ1) is 9.61. The Morgan fingerprint density at radius 2 is 2.10 bits per heavy atom. The third-order valence-corrected chi connectivity index (χ3v) is 3.54. The molecule has 0 unspecified atom stereocenters. The van der Waals surface area contributed by atoms with E-state index in [0.29, 0.717) is 5.88 Å². The largest absolute Gasteiger partial charge is 0.313 e. The van der Waals surface area contributed by atoms with Crippen molar-refractivity contribution in [3.63, 3.8) is 0 Å². The van der Waals surface area contributed by atoms with Gasteiger partial charge in [-0.05, 0) is 52.0 Å². The van der Waals surface area contributed by atoms with Gasteiger partial charge in [0.2, 0.25) is 0 Å². The fourth-order valence-corrected chi connectivity index (χ4v) is 2.54. The molecule has 4 nitrogen and oxygen atoms in total. The van der Waals surface area contributed by atoms with Crippen molar-refractivity contribution >= 4 is 22.8 Å². The maximum atomic E-state index is 5.89. The number of halogens is 1. The first-order valence-electron chi connectivity index (χ1n) is 7.14. The van der Waals surface area contributed by atoms with Gasteiger partial charge in [0.1, 0.15) is 11.3 Å². The third kappa shape index (κ3) is 3.70. The molecule has 2 rings (SSSR count). The minimum Gasteiger partial charge on any atom is -0.313 e. The first-order valence-corrected chi connectivity index (χ1v) is 7.67. The number of nitrogens with zero attached hydrogens (tertiary/aromatic N) is 4. The zero-order valence-corrected chi connectivity index (χ0v) is 13.3. The fraction of sp³-hybridized carbons (Fsp3) is 0.600. The summed E-state index contributed by atoms with van der Waals surface area (Å²) in [5.41, 5.74) is 3.12. The molecule has 0 saturated carbocycles. The molecule has 2 aromatic rings. The number of unbranched alkanes of at least 4 members (excludes halogenated alkanes) is 1. The van der Waals surface area contributed by atoms with E-state index in [9.17, 15) is 0 Å². The maximum Gasteiger partial charge on any atom is 0.160 e. The monoisotopic (exact) mass is 294 g/mol. The van der Waals surface area contributed by atoms with Gasteiger partial charge in [-0.2, -0.15) is 0 Å². The van der Waals surface area contributed by atoms with E-state index in [1.807, 2.05) is 13.1 Å². The lowest BCUT2D eigenvalue weighted by Gasteiger charge is -2.11. The van der Waals surface area contributed by atoms with Gasteiger partial charge in [0, 0.05) is 25.0 Å². The highest BCUT2D eigenvalue weighted by Crippen LogP contribution is 2.17. The number of fused-ring (bicyclic) bond motifs is 1. The van der Waals surface area contributed by atoms with Crippen LogP contribution in [-0.4, -0.2) is 46.0 Å². The molecule has 5 heteroatoms. The van der Waals surface area contributed by atoms with Crippen LogP contribution in [0.3, 0.4) is 0 Å². The summed E-state index contributed by atoms with van der Waals surface area (Å²) in [6, 6.07) is 2.09. The van der Waals surface area contributed by atoms with Gasteiger partial charge in [0.05, 0.1) is 0 Å². The molecule has 0 N–H and O–H groups in total. The van der Waals surface area contributed by atoms with E-state index in [0.717, 1.165) is 48.5 Å². The Hall–Kier alpha value is -1.13. The van der Waals surface area contributed by atoms with E-state index in [1.165, 1.54) is 6.42 Å². The normalized spacial score (nSPS) is 11.7. The number of aromatic nitrogens is 3. The third-order valence-electron chi connectivity index (χ3n) is 3.36. The number of alkyl halides is 1. The second kappa shape index (κ2) is 7.04. The van der Waals surface area contributed by atoms with Crippen molar-refractivity contribution < 1.29 is 0 Å². The highest BCUT2D eigenvalue weighted by atomic mass is 35.5. The first kappa shape index (κ1) is 15.3. The molecule has 20 heavy (non-hydrogen) atoms. The second-order valence-corrected chi connectivity index (χ2v) is 5.86. The average molecular weight is 295 g/mol. The molecule has 0 radical (unpaired) electrons. The average Bonchev–Trinajstić information content (AvgIpc) is 2.72. The molecule has 0 aliphatic heterocycles. The Balaban J connectivity index is 2.17. The van der Waals surface area contributed by atoms with Crippen LogP contribution >= 0.6 is 11.6 Å². The Morgan fingerprint density at radius 1 is 1.30 bits per heavy atom. The van der Waals surface area contributed by atoms with Gasteiger partial charge >= 0.3 is 0 Å². The number of hydrogen-bond donors (Lipinski definition) is 0. The molecule has 0 fully saturated rings. The minimum absolute atomic E-state index is 0.597. The van der Waals surface area contributed by atoms with E-state index in [4.69, 9.17) is 11.6 Å². The summed E-state index contributed by atoms with van der Waals surface area (Å²) in [5, 5.41) is 0. The molecule has 110 valence electrons. The van der Waals surface area contributed by atoms with Gasteiger partial charge < -0.3 is 9.47 Å². The zero-order chi connectivity index (χ0) is 14.5. The molecule has 0 saturated heterocycles. The molecule has 0 bridgehead atoms. The molecule has 0 atom stereocenters. The number of imidazole rings is 1. The van der Waals surface area contributed by atoms with Crippen molar-refractivity contribution in [2.75, 3.05) is 26.5 Å². The molecular formula is C15H23ClN4. The van der Waals surface area contributed by atoms with Gasteiger partial charge in [0.15, 0.2) is 5.65 Å². The number of rotatable bonds is 7. The molecule has 2 aromatic heterocycles. The second-order valence-electron chi connectivity index (χ2n) is 5.48. The predicted molar refractivity (Wildman–Crippen MR) is 84.5 cm³/mol. The van der Waals surface area contributed by atoms with Gasteiger partial charge in [-0.1, -0.05) is 0 Å². The van der Waals surface area contributed by atoms with Crippen LogP contribution in [0.4, 0.5) is 0 Å². The molecular weight excluding hydrogens is 272 g/mol. The van der Waals surface area contributed by atoms with Crippen LogP contribution in [0.25, 0.3) is 11.2 Å². The smallest absolute Gasteiger partial charge is 0.160 e. The SMILES string of the molecule is Cc1cnc2c(c1)nc(CCCl)n2CCCCN(C)C. The lowest BCUT2D eigenvalue weighted by atomic mass is 10.3. The van der Waals surface area contributed by atoms with E-state index in [2.05, 4.69) is 39.6 Å². The van der Waals surface area contributed by atoms with Crippen LogP contribution in [0.15, 0.2) is 12.3 Å². The van der Waals surface area contributed by atoms with E-state index < -0.39 is 0 Å². The number of aryl methyl sites for hydroxylation is 3. The number of hydrogen-bond acceptors (Lipinski definition) is 3. The van der Waals surface area contributed by atoms with Crippen molar-refractivity contribution in [3.8, 4) is 0 Å². The standard InChI is InChI=1S/C15H23ClN4/c1-12-10-13-15(17-11-12)20(14(18-13)6-7-16)9-5-4-8-19(2)3/h10-11H,4-9H2,1-3H3. The van der Waals surface area contributed by atoms with E-state index in [1.54, 1.807) is 0 Å². The van der Waals surface area contributed by atoms with Crippen LogP contribution in [0.5, 0.6) is 0 Å². The fourth-order valence-electron chi connectivity index (χ4n) is 2.37. The van der Waals surface area contributed by atoms with Gasteiger partial charge in [0.25, 0.3) is 0 Å². The Labute approximate surface area is 125 Å².